The van der Waals surface area contributed by atoms with Crippen LogP contribution in [0.15, 0.2) is 0 Å². The Morgan fingerprint density at radius 2 is 1.95 bits per heavy atom. The van der Waals surface area contributed by atoms with Crippen LogP contribution < -0.4 is 10.6 Å². The first-order valence-corrected chi connectivity index (χ1v) is 7.49. The summed E-state index contributed by atoms with van der Waals surface area (Å²) in [5.74, 6) is -0.588. The molecule has 6 nitrogen and oxygen atoms in total. The summed E-state index contributed by atoms with van der Waals surface area (Å²) in [5, 5.41) is 14.9. The topological polar surface area (TPSA) is 87.7 Å². The van der Waals surface area contributed by atoms with Gasteiger partial charge in [-0.15, -0.1) is 0 Å². The van der Waals surface area contributed by atoms with E-state index in [1.807, 2.05) is 0 Å². The highest BCUT2D eigenvalue weighted by Gasteiger charge is 2.40. The molecule has 1 atom stereocenters. The molecule has 0 aromatic heterocycles. The van der Waals surface area contributed by atoms with Crippen LogP contribution in [0, 0.1) is 5.92 Å². The minimum absolute atomic E-state index is 0.335. The molecule has 1 heterocycles. The number of carbonyl (C=O) groups is 2. The van der Waals surface area contributed by atoms with Crippen molar-refractivity contribution < 1.29 is 19.4 Å². The maximum atomic E-state index is 11.9. The molecule has 2 fully saturated rings. The van der Waals surface area contributed by atoms with E-state index in [4.69, 9.17) is 4.74 Å². The fraction of sp³-hybridized carbons (Fsp3) is 0.857. The van der Waals surface area contributed by atoms with Crippen molar-refractivity contribution in [1.29, 1.82) is 0 Å². The lowest BCUT2D eigenvalue weighted by molar-refractivity contribution is -0.145. The number of carbonyl (C=O) groups excluding carboxylic acids is 1. The number of hydrogen-bond donors (Lipinski definition) is 3. The minimum atomic E-state index is -1.08. The lowest BCUT2D eigenvalue weighted by Crippen LogP contribution is -2.58. The Morgan fingerprint density at radius 3 is 2.55 bits per heavy atom. The van der Waals surface area contributed by atoms with Crippen LogP contribution in [0.5, 0.6) is 0 Å². The van der Waals surface area contributed by atoms with Crippen LogP contribution in [-0.4, -0.2) is 42.4 Å². The number of urea groups is 1. The summed E-state index contributed by atoms with van der Waals surface area (Å²) in [5.41, 5.74) is -1.08. The Morgan fingerprint density at radius 1 is 1.20 bits per heavy atom. The van der Waals surface area contributed by atoms with Crippen molar-refractivity contribution in [3.63, 3.8) is 0 Å². The zero-order valence-electron chi connectivity index (χ0n) is 11.8. The van der Waals surface area contributed by atoms with Crippen molar-refractivity contribution >= 4 is 12.0 Å². The van der Waals surface area contributed by atoms with Gasteiger partial charge in [0.25, 0.3) is 0 Å². The highest BCUT2D eigenvalue weighted by molar-refractivity contribution is 5.86. The summed E-state index contributed by atoms with van der Waals surface area (Å²) in [4.78, 5) is 23.4. The second-order valence-corrected chi connectivity index (χ2v) is 5.87. The third kappa shape index (κ3) is 3.85. The Hall–Kier alpha value is -1.30. The summed E-state index contributed by atoms with van der Waals surface area (Å²) in [6, 6.07) is -0.375. The van der Waals surface area contributed by atoms with E-state index in [1.54, 1.807) is 0 Å². The predicted octanol–water partition coefficient (Wildman–Crippen LogP) is 1.50. The molecule has 3 N–H and O–H groups in total. The summed E-state index contributed by atoms with van der Waals surface area (Å²) in [6.07, 6.45) is 5.84. The van der Waals surface area contributed by atoms with Gasteiger partial charge in [0.05, 0.1) is 6.61 Å². The van der Waals surface area contributed by atoms with E-state index in [2.05, 4.69) is 10.6 Å². The largest absolute Gasteiger partial charge is 0.480 e. The molecule has 1 saturated heterocycles. The van der Waals surface area contributed by atoms with Crippen molar-refractivity contribution in [2.75, 3.05) is 19.8 Å². The SMILES string of the molecule is O=C(NCC1CCCOC1)NC1(C(=O)O)CCCCC1. The molecule has 2 aliphatic rings. The number of nitrogens with one attached hydrogen (secondary N) is 2. The molecular weight excluding hydrogens is 260 g/mol. The molecule has 0 spiro atoms. The van der Waals surface area contributed by atoms with Crippen molar-refractivity contribution in [1.82, 2.24) is 10.6 Å². The first-order valence-electron chi connectivity index (χ1n) is 7.49. The highest BCUT2D eigenvalue weighted by atomic mass is 16.5. The van der Waals surface area contributed by atoms with Crippen LogP contribution in [0.25, 0.3) is 0 Å². The van der Waals surface area contributed by atoms with Crippen molar-refractivity contribution in [2.24, 2.45) is 5.92 Å². The molecule has 1 aliphatic heterocycles. The lowest BCUT2D eigenvalue weighted by atomic mass is 9.82. The van der Waals surface area contributed by atoms with Gasteiger partial charge in [-0.25, -0.2) is 9.59 Å². The van der Waals surface area contributed by atoms with Crippen molar-refractivity contribution in [3.8, 4) is 0 Å². The maximum absolute atomic E-state index is 11.9. The van der Waals surface area contributed by atoms with Gasteiger partial charge in [0.1, 0.15) is 5.54 Å². The van der Waals surface area contributed by atoms with Crippen LogP contribution in [-0.2, 0) is 9.53 Å². The normalized spacial score (nSPS) is 25.7. The molecule has 0 aromatic carbocycles. The van der Waals surface area contributed by atoms with Crippen LogP contribution in [0.1, 0.15) is 44.9 Å². The third-order valence-corrected chi connectivity index (χ3v) is 4.28. The first kappa shape index (κ1) is 15.1. The second kappa shape index (κ2) is 6.92. The van der Waals surface area contributed by atoms with E-state index in [1.165, 1.54) is 0 Å². The number of carboxylic acids is 1. The van der Waals surface area contributed by atoms with Gasteiger partial charge in [0.2, 0.25) is 0 Å². The van der Waals surface area contributed by atoms with E-state index in [0.717, 1.165) is 38.7 Å². The number of carboxylic acid groups (broad SMARTS) is 1. The fourth-order valence-corrected chi connectivity index (χ4v) is 3.01. The van der Waals surface area contributed by atoms with E-state index >= 15 is 0 Å². The summed E-state index contributed by atoms with van der Waals surface area (Å²) < 4.78 is 5.36. The average Bonchev–Trinajstić information content (AvgIpc) is 2.47. The number of rotatable bonds is 4. The van der Waals surface area contributed by atoms with Gasteiger partial charge in [0.15, 0.2) is 0 Å². The number of amides is 2. The predicted molar refractivity (Wildman–Crippen MR) is 73.5 cm³/mol. The van der Waals surface area contributed by atoms with Crippen LogP contribution in [0.2, 0.25) is 0 Å². The highest BCUT2D eigenvalue weighted by Crippen LogP contribution is 2.28. The van der Waals surface area contributed by atoms with E-state index < -0.39 is 11.5 Å². The number of hydrogen-bond acceptors (Lipinski definition) is 3. The van der Waals surface area contributed by atoms with Crippen LogP contribution >= 0.6 is 0 Å². The van der Waals surface area contributed by atoms with Crippen LogP contribution in [0.4, 0.5) is 4.79 Å². The molecule has 2 rings (SSSR count). The van der Waals surface area contributed by atoms with Crippen molar-refractivity contribution in [3.05, 3.63) is 0 Å². The molecule has 6 heteroatoms. The monoisotopic (exact) mass is 284 g/mol. The van der Waals surface area contributed by atoms with Crippen LogP contribution in [0.3, 0.4) is 0 Å². The lowest BCUT2D eigenvalue weighted by Gasteiger charge is -2.34. The van der Waals surface area contributed by atoms with Crippen molar-refractivity contribution in [2.45, 2.75) is 50.5 Å². The number of ether oxygens (including phenoxy) is 1. The van der Waals surface area contributed by atoms with Gasteiger partial charge >= 0.3 is 12.0 Å². The first-order chi connectivity index (χ1) is 9.62. The molecule has 0 bridgehead atoms. The molecule has 0 aromatic rings. The van der Waals surface area contributed by atoms with Gasteiger partial charge in [0, 0.05) is 13.2 Å². The van der Waals surface area contributed by atoms with Gasteiger partial charge in [-0.3, -0.25) is 0 Å². The van der Waals surface area contributed by atoms with Gasteiger partial charge in [-0.05, 0) is 31.6 Å². The molecule has 1 aliphatic carbocycles. The zero-order valence-corrected chi connectivity index (χ0v) is 11.8. The Kier molecular flexibility index (Phi) is 5.23. The standard InChI is InChI=1S/C14H24N2O4/c17-12(18)14(6-2-1-3-7-14)16-13(19)15-9-11-5-4-8-20-10-11/h11H,1-10H2,(H,17,18)(H2,15,16,19). The Bertz CT molecular complexity index is 347. The molecule has 2 amide bonds. The fourth-order valence-electron chi connectivity index (χ4n) is 3.01. The van der Waals surface area contributed by atoms with Gasteiger partial charge in [-0.1, -0.05) is 19.3 Å². The second-order valence-electron chi connectivity index (χ2n) is 5.87. The van der Waals surface area contributed by atoms with E-state index in [-0.39, 0.29) is 6.03 Å². The van der Waals surface area contributed by atoms with E-state index in [9.17, 15) is 14.7 Å². The molecule has 1 saturated carbocycles. The maximum Gasteiger partial charge on any atom is 0.329 e. The summed E-state index contributed by atoms with van der Waals surface area (Å²) in [7, 11) is 0. The Balaban J connectivity index is 1.80. The number of aliphatic carboxylic acids is 1. The van der Waals surface area contributed by atoms with E-state index in [0.29, 0.717) is 31.9 Å². The molecule has 0 radical (unpaired) electrons. The molecule has 20 heavy (non-hydrogen) atoms. The smallest absolute Gasteiger partial charge is 0.329 e. The summed E-state index contributed by atoms with van der Waals surface area (Å²) in [6.45, 7) is 2.01. The third-order valence-electron chi connectivity index (χ3n) is 4.28. The Labute approximate surface area is 119 Å². The zero-order chi connectivity index (χ0) is 14.4. The van der Waals surface area contributed by atoms with Gasteiger partial charge < -0.3 is 20.5 Å². The van der Waals surface area contributed by atoms with Gasteiger partial charge in [-0.2, -0.15) is 0 Å². The quantitative estimate of drug-likeness (QED) is 0.730. The average molecular weight is 284 g/mol. The minimum Gasteiger partial charge on any atom is -0.480 e. The summed E-state index contributed by atoms with van der Waals surface area (Å²) >= 11 is 0. The molecular formula is C14H24N2O4. The molecule has 1 unspecified atom stereocenters. The molecule has 114 valence electrons.